The Morgan fingerprint density at radius 1 is 0.812 bits per heavy atom. The Balaban J connectivity index is 1.84. The molecule has 0 aliphatic heterocycles. The highest BCUT2D eigenvalue weighted by Gasteiger charge is 2.24. The van der Waals surface area contributed by atoms with Crippen molar-refractivity contribution in [1.82, 2.24) is 4.13 Å². The first-order valence-corrected chi connectivity index (χ1v) is 12.7. The molecule has 8 nitrogen and oxygen atoms in total. The third kappa shape index (κ3) is 5.72. The van der Waals surface area contributed by atoms with Crippen LogP contribution in [-0.2, 0) is 20.0 Å². The minimum atomic E-state index is -4.41. The normalized spacial score (nSPS) is 11.7. The van der Waals surface area contributed by atoms with E-state index >= 15 is 0 Å². The molecule has 3 aromatic carbocycles. The van der Waals surface area contributed by atoms with Gasteiger partial charge in [-0.1, -0.05) is 29.8 Å². The highest BCUT2D eigenvalue weighted by molar-refractivity contribution is 8.04. The van der Waals surface area contributed by atoms with Gasteiger partial charge >= 0.3 is 0 Å². The Bertz CT molecular complexity index is 1350. The number of hydrogen-bond acceptors (Lipinski definition) is 7. The van der Waals surface area contributed by atoms with Gasteiger partial charge in [0.15, 0.2) is 5.78 Å². The second-order valence-electron chi connectivity index (χ2n) is 6.99. The van der Waals surface area contributed by atoms with Crippen LogP contribution in [-0.4, -0.2) is 36.0 Å². The highest BCUT2D eigenvalue weighted by Crippen LogP contribution is 2.31. The van der Waals surface area contributed by atoms with Crippen molar-refractivity contribution in [1.29, 1.82) is 0 Å². The molecule has 0 bridgehead atoms. The van der Waals surface area contributed by atoms with E-state index in [1.807, 2.05) is 19.1 Å². The lowest BCUT2D eigenvalue weighted by atomic mass is 10.0. The number of nitrogens with one attached hydrogen (secondary N) is 1. The van der Waals surface area contributed by atoms with Gasteiger partial charge in [-0.25, -0.2) is 16.8 Å². The fourth-order valence-corrected chi connectivity index (χ4v) is 5.50. The van der Waals surface area contributed by atoms with E-state index < -0.39 is 24.9 Å². The molecule has 0 unspecified atom stereocenters. The lowest BCUT2D eigenvalue weighted by molar-refractivity contribution is 0.103. The second kappa shape index (κ2) is 9.11. The third-order valence-corrected chi connectivity index (χ3v) is 7.34. The topological polar surface area (TPSA) is 116 Å². The van der Waals surface area contributed by atoms with Crippen LogP contribution in [0, 0.1) is 6.92 Å². The number of carbonyl (C=O) groups is 1. The molecule has 3 aromatic rings. The molecule has 0 aliphatic rings. The van der Waals surface area contributed by atoms with E-state index in [1.165, 1.54) is 19.2 Å². The fourth-order valence-electron chi connectivity index (χ4n) is 2.86. The minimum Gasteiger partial charge on any atom is -0.495 e. The Morgan fingerprint density at radius 2 is 1.34 bits per heavy atom. The van der Waals surface area contributed by atoms with E-state index in [0.717, 1.165) is 17.9 Å². The summed E-state index contributed by atoms with van der Waals surface area (Å²) in [5.41, 5.74) is 2.09. The summed E-state index contributed by atoms with van der Waals surface area (Å²) in [5, 5.41) is 0. The molecule has 0 aromatic heterocycles. The van der Waals surface area contributed by atoms with Gasteiger partial charge in [0.05, 0.1) is 13.4 Å². The predicted octanol–water partition coefficient (Wildman–Crippen LogP) is 3.26. The molecule has 32 heavy (non-hydrogen) atoms. The number of ether oxygens (including phenoxy) is 2. The average Bonchev–Trinajstić information content (AvgIpc) is 2.72. The number of benzene rings is 3. The SMILES string of the molecule is COc1ccc(Oc2ccc(C(=O)c3ccc(C)cc3)cc2)cc1S(=O)(=O)NS(C)(=O)=O. The Labute approximate surface area is 186 Å². The zero-order chi connectivity index (χ0) is 23.5. The van der Waals surface area contributed by atoms with Crippen molar-refractivity contribution in [2.75, 3.05) is 13.4 Å². The molecule has 3 rings (SSSR count). The van der Waals surface area contributed by atoms with Gasteiger partial charge in [0, 0.05) is 17.2 Å². The monoisotopic (exact) mass is 475 g/mol. The van der Waals surface area contributed by atoms with Gasteiger partial charge in [-0.05, 0) is 43.3 Å². The molecule has 0 saturated carbocycles. The van der Waals surface area contributed by atoms with E-state index in [4.69, 9.17) is 9.47 Å². The summed E-state index contributed by atoms with van der Waals surface area (Å²) in [6.45, 7) is 1.94. The van der Waals surface area contributed by atoms with Crippen LogP contribution < -0.4 is 13.6 Å². The molecule has 1 N–H and O–H groups in total. The predicted molar refractivity (Wildman–Crippen MR) is 119 cm³/mol. The smallest absolute Gasteiger partial charge is 0.257 e. The van der Waals surface area contributed by atoms with Crippen molar-refractivity contribution in [3.05, 3.63) is 83.4 Å². The van der Waals surface area contributed by atoms with Gasteiger partial charge in [0.2, 0.25) is 10.0 Å². The molecule has 0 saturated heterocycles. The minimum absolute atomic E-state index is 0.0486. The average molecular weight is 476 g/mol. The van der Waals surface area contributed by atoms with Gasteiger partial charge in [-0.3, -0.25) is 4.79 Å². The summed E-state index contributed by atoms with van der Waals surface area (Å²) in [4.78, 5) is 12.2. The molecule has 0 amide bonds. The second-order valence-corrected chi connectivity index (χ2v) is 10.7. The van der Waals surface area contributed by atoms with Crippen molar-refractivity contribution in [3.8, 4) is 17.2 Å². The Kier molecular flexibility index (Phi) is 6.68. The summed E-state index contributed by atoms with van der Waals surface area (Å²) in [5.74, 6) is 0.307. The first-order chi connectivity index (χ1) is 15.0. The van der Waals surface area contributed by atoms with E-state index in [1.54, 1.807) is 40.5 Å². The largest absolute Gasteiger partial charge is 0.495 e. The number of ketones is 1. The number of aryl methyl sites for hydroxylation is 1. The van der Waals surface area contributed by atoms with Crippen LogP contribution in [0.2, 0.25) is 0 Å². The lowest BCUT2D eigenvalue weighted by Gasteiger charge is -2.12. The van der Waals surface area contributed by atoms with E-state index in [0.29, 0.717) is 16.9 Å². The molecule has 0 atom stereocenters. The van der Waals surface area contributed by atoms with Crippen molar-refractivity contribution < 1.29 is 31.1 Å². The molecule has 0 radical (unpaired) electrons. The summed E-state index contributed by atoms with van der Waals surface area (Å²) in [6.07, 6.45) is 0.733. The third-order valence-electron chi connectivity index (χ3n) is 4.35. The van der Waals surface area contributed by atoms with E-state index in [9.17, 15) is 21.6 Å². The van der Waals surface area contributed by atoms with Crippen LogP contribution in [0.1, 0.15) is 21.5 Å². The van der Waals surface area contributed by atoms with Crippen LogP contribution in [0.5, 0.6) is 17.2 Å². The van der Waals surface area contributed by atoms with Gasteiger partial charge in [-0.15, -0.1) is 4.13 Å². The van der Waals surface area contributed by atoms with Crippen LogP contribution in [0.25, 0.3) is 0 Å². The molecule has 10 heteroatoms. The maximum atomic E-state index is 12.6. The number of sulfonamides is 2. The fraction of sp³-hybridized carbons (Fsp3) is 0.136. The van der Waals surface area contributed by atoms with E-state index in [2.05, 4.69) is 0 Å². The standard InChI is InChI=1S/C22H21NO7S2/c1-15-4-6-16(7-5-15)22(24)17-8-10-18(11-9-17)30-19-12-13-20(29-2)21(14-19)32(27,28)23-31(3,25)26/h4-14,23H,1-3H3. The van der Waals surface area contributed by atoms with Gasteiger partial charge < -0.3 is 9.47 Å². The number of rotatable bonds is 8. The molecule has 0 aliphatic carbocycles. The van der Waals surface area contributed by atoms with Crippen LogP contribution >= 0.6 is 0 Å². The molecular formula is C22H21NO7S2. The Morgan fingerprint density at radius 3 is 1.88 bits per heavy atom. The molecular weight excluding hydrogens is 454 g/mol. The first-order valence-electron chi connectivity index (χ1n) is 9.29. The molecule has 0 fully saturated rings. The summed E-state index contributed by atoms with van der Waals surface area (Å²) >= 11 is 0. The van der Waals surface area contributed by atoms with Gasteiger partial charge in [0.1, 0.15) is 22.1 Å². The van der Waals surface area contributed by atoms with Crippen molar-refractivity contribution in [3.63, 3.8) is 0 Å². The van der Waals surface area contributed by atoms with Crippen LogP contribution in [0.4, 0.5) is 0 Å². The molecule has 0 spiro atoms. The Hall–Kier alpha value is -3.21. The summed E-state index contributed by atoms with van der Waals surface area (Å²) < 4.78 is 60.0. The quantitative estimate of drug-likeness (QED) is 0.497. The first kappa shape index (κ1) is 23.5. The van der Waals surface area contributed by atoms with Crippen LogP contribution in [0.3, 0.4) is 0 Å². The highest BCUT2D eigenvalue weighted by atomic mass is 32.3. The van der Waals surface area contributed by atoms with Gasteiger partial charge in [-0.2, -0.15) is 0 Å². The van der Waals surface area contributed by atoms with Gasteiger partial charge in [0.25, 0.3) is 10.0 Å². The zero-order valence-electron chi connectivity index (χ0n) is 17.5. The molecule has 168 valence electrons. The molecule has 0 heterocycles. The van der Waals surface area contributed by atoms with Crippen molar-refractivity contribution in [2.24, 2.45) is 0 Å². The van der Waals surface area contributed by atoms with E-state index in [-0.39, 0.29) is 17.3 Å². The van der Waals surface area contributed by atoms with Crippen LogP contribution in [0.15, 0.2) is 71.6 Å². The maximum absolute atomic E-state index is 12.6. The number of hydrogen-bond donors (Lipinski definition) is 1. The zero-order valence-corrected chi connectivity index (χ0v) is 19.2. The number of methoxy groups -OCH3 is 1. The van der Waals surface area contributed by atoms with Crippen molar-refractivity contribution in [2.45, 2.75) is 11.8 Å². The summed E-state index contributed by atoms with van der Waals surface area (Å²) in [7, 11) is -7.18. The maximum Gasteiger partial charge on any atom is 0.257 e. The lowest BCUT2D eigenvalue weighted by Crippen LogP contribution is -2.29. The van der Waals surface area contributed by atoms with Crippen molar-refractivity contribution >= 4 is 25.8 Å². The summed E-state index contributed by atoms with van der Waals surface area (Å²) in [6, 6.07) is 17.6. The number of carbonyl (C=O) groups excluding carboxylic acids is 1.